The molecule has 0 aliphatic carbocycles. The van der Waals surface area contributed by atoms with Crippen LogP contribution >= 0.6 is 0 Å². The number of rotatable bonds is 5. The maximum atomic E-state index is 12.2. The summed E-state index contributed by atoms with van der Waals surface area (Å²) in [4.78, 5) is 12.2. The number of sulfone groups is 1. The monoisotopic (exact) mass is 288 g/mol. The minimum atomic E-state index is -3.34. The molecule has 0 spiro atoms. The molecule has 0 aromatic heterocycles. The maximum Gasteiger partial charge on any atom is 0.164 e. The standard InChI is InChI=1S/C16H16O3S/c1-20(18,19)16(14-10-6-3-7-11-14)12-15(17)13-8-4-2-5-9-13/h2-11,16H,12H2,1H3/t16-/m1/s1. The molecule has 3 nitrogen and oxygen atoms in total. The van der Waals surface area contributed by atoms with Crippen molar-refractivity contribution in [2.24, 2.45) is 0 Å². The highest BCUT2D eigenvalue weighted by Gasteiger charge is 2.26. The van der Waals surface area contributed by atoms with E-state index in [-0.39, 0.29) is 12.2 Å². The first-order valence-electron chi connectivity index (χ1n) is 6.30. The van der Waals surface area contributed by atoms with Crippen LogP contribution in [0.4, 0.5) is 0 Å². The van der Waals surface area contributed by atoms with E-state index in [0.29, 0.717) is 11.1 Å². The molecular weight excluding hydrogens is 272 g/mol. The van der Waals surface area contributed by atoms with Gasteiger partial charge in [0.2, 0.25) is 0 Å². The summed E-state index contributed by atoms with van der Waals surface area (Å²) in [6.07, 6.45) is 1.13. The van der Waals surface area contributed by atoms with Crippen molar-refractivity contribution in [1.82, 2.24) is 0 Å². The third-order valence-corrected chi connectivity index (χ3v) is 4.63. The Morgan fingerprint density at radius 3 is 1.95 bits per heavy atom. The minimum Gasteiger partial charge on any atom is -0.294 e. The number of hydrogen-bond donors (Lipinski definition) is 0. The van der Waals surface area contributed by atoms with Gasteiger partial charge in [0.05, 0.1) is 5.25 Å². The van der Waals surface area contributed by atoms with Crippen LogP contribution in [-0.4, -0.2) is 20.5 Å². The number of carbonyl (C=O) groups excluding carboxylic acids is 1. The lowest BCUT2D eigenvalue weighted by Crippen LogP contribution is -2.16. The normalized spacial score (nSPS) is 12.8. The molecule has 2 aromatic carbocycles. The molecule has 104 valence electrons. The van der Waals surface area contributed by atoms with Crippen LogP contribution in [0.15, 0.2) is 60.7 Å². The third-order valence-electron chi connectivity index (χ3n) is 3.15. The number of Topliss-reactive ketones (excluding diaryl/α,β-unsaturated/α-hetero) is 1. The van der Waals surface area contributed by atoms with Crippen molar-refractivity contribution in [1.29, 1.82) is 0 Å². The zero-order valence-corrected chi connectivity index (χ0v) is 12.0. The summed E-state index contributed by atoms with van der Waals surface area (Å²) in [6, 6.07) is 17.6. The van der Waals surface area contributed by atoms with Gasteiger partial charge in [-0.2, -0.15) is 0 Å². The number of ketones is 1. The Morgan fingerprint density at radius 1 is 0.950 bits per heavy atom. The van der Waals surface area contributed by atoms with Gasteiger partial charge in [0.15, 0.2) is 15.6 Å². The largest absolute Gasteiger partial charge is 0.294 e. The van der Waals surface area contributed by atoms with Crippen LogP contribution in [0.5, 0.6) is 0 Å². The molecule has 20 heavy (non-hydrogen) atoms. The molecule has 0 bridgehead atoms. The van der Waals surface area contributed by atoms with E-state index in [9.17, 15) is 13.2 Å². The minimum absolute atomic E-state index is 0.0349. The Hall–Kier alpha value is -1.94. The molecule has 0 N–H and O–H groups in total. The second-order valence-electron chi connectivity index (χ2n) is 4.72. The van der Waals surface area contributed by atoms with Gasteiger partial charge in [-0.3, -0.25) is 4.79 Å². The van der Waals surface area contributed by atoms with E-state index in [1.165, 1.54) is 6.26 Å². The van der Waals surface area contributed by atoms with Crippen molar-refractivity contribution >= 4 is 15.6 Å². The first-order valence-corrected chi connectivity index (χ1v) is 8.26. The van der Waals surface area contributed by atoms with Crippen molar-refractivity contribution < 1.29 is 13.2 Å². The fraction of sp³-hybridized carbons (Fsp3) is 0.188. The molecular formula is C16H16O3S. The summed E-state index contributed by atoms with van der Waals surface area (Å²) < 4.78 is 23.9. The quantitative estimate of drug-likeness (QED) is 0.795. The SMILES string of the molecule is CS(=O)(=O)[C@H](CC(=O)c1ccccc1)c1ccccc1. The van der Waals surface area contributed by atoms with Crippen molar-refractivity contribution in [2.45, 2.75) is 11.7 Å². The van der Waals surface area contributed by atoms with Crippen molar-refractivity contribution in [2.75, 3.05) is 6.26 Å². The smallest absolute Gasteiger partial charge is 0.164 e. The third kappa shape index (κ3) is 3.54. The number of hydrogen-bond acceptors (Lipinski definition) is 3. The van der Waals surface area contributed by atoms with Gasteiger partial charge < -0.3 is 0 Å². The van der Waals surface area contributed by atoms with Crippen molar-refractivity contribution in [3.05, 3.63) is 71.8 Å². The van der Waals surface area contributed by atoms with E-state index in [4.69, 9.17) is 0 Å². The van der Waals surface area contributed by atoms with Gasteiger partial charge in [0, 0.05) is 18.2 Å². The molecule has 2 rings (SSSR count). The Balaban J connectivity index is 2.29. The average Bonchev–Trinajstić information content (AvgIpc) is 2.45. The Morgan fingerprint density at radius 2 is 1.45 bits per heavy atom. The lowest BCUT2D eigenvalue weighted by molar-refractivity contribution is 0.0981. The molecule has 0 saturated heterocycles. The van der Waals surface area contributed by atoms with Gasteiger partial charge >= 0.3 is 0 Å². The highest BCUT2D eigenvalue weighted by Crippen LogP contribution is 2.26. The summed E-state index contributed by atoms with van der Waals surface area (Å²) in [5.74, 6) is -0.162. The molecule has 0 fully saturated rings. The van der Waals surface area contributed by atoms with E-state index in [1.807, 2.05) is 12.1 Å². The predicted octanol–water partition coefficient (Wildman–Crippen LogP) is 3.05. The predicted molar refractivity (Wildman–Crippen MR) is 79.4 cm³/mol. The summed E-state index contributed by atoms with van der Waals surface area (Å²) in [5, 5.41) is -0.795. The summed E-state index contributed by atoms with van der Waals surface area (Å²) in [5.41, 5.74) is 1.19. The lowest BCUT2D eigenvalue weighted by atomic mass is 10.0. The summed E-state index contributed by atoms with van der Waals surface area (Å²) in [7, 11) is -3.34. The fourth-order valence-electron chi connectivity index (χ4n) is 2.09. The van der Waals surface area contributed by atoms with Gasteiger partial charge in [-0.25, -0.2) is 8.42 Å². The van der Waals surface area contributed by atoms with Crippen LogP contribution in [0, 0.1) is 0 Å². The second-order valence-corrected chi connectivity index (χ2v) is 6.95. The fourth-order valence-corrected chi connectivity index (χ4v) is 3.20. The van der Waals surface area contributed by atoms with Gasteiger partial charge in [-0.05, 0) is 5.56 Å². The van der Waals surface area contributed by atoms with Gasteiger partial charge in [0.1, 0.15) is 0 Å². The molecule has 4 heteroatoms. The number of benzene rings is 2. The molecule has 0 aliphatic rings. The van der Waals surface area contributed by atoms with E-state index in [2.05, 4.69) is 0 Å². The number of carbonyl (C=O) groups is 1. The summed E-state index contributed by atoms with van der Waals surface area (Å²) >= 11 is 0. The maximum absolute atomic E-state index is 12.2. The highest BCUT2D eigenvalue weighted by atomic mass is 32.2. The van der Waals surface area contributed by atoms with Crippen molar-refractivity contribution in [3.63, 3.8) is 0 Å². The molecule has 0 saturated carbocycles. The lowest BCUT2D eigenvalue weighted by Gasteiger charge is -2.14. The zero-order valence-electron chi connectivity index (χ0n) is 11.2. The van der Waals surface area contributed by atoms with Crippen molar-refractivity contribution in [3.8, 4) is 0 Å². The van der Waals surface area contributed by atoms with Gasteiger partial charge in [0.25, 0.3) is 0 Å². The molecule has 0 heterocycles. The van der Waals surface area contributed by atoms with Crippen LogP contribution in [0.2, 0.25) is 0 Å². The molecule has 1 atom stereocenters. The van der Waals surface area contributed by atoms with Gasteiger partial charge in [-0.15, -0.1) is 0 Å². The summed E-state index contributed by atoms with van der Waals surface area (Å²) in [6.45, 7) is 0. The molecule has 0 radical (unpaired) electrons. The zero-order chi connectivity index (χ0) is 14.6. The Bertz CT molecular complexity index is 676. The van der Waals surface area contributed by atoms with Crippen LogP contribution in [0.3, 0.4) is 0 Å². The molecule has 0 aliphatic heterocycles. The average molecular weight is 288 g/mol. The molecule has 0 amide bonds. The molecule has 0 unspecified atom stereocenters. The second kappa shape index (κ2) is 6.01. The van der Waals surface area contributed by atoms with Gasteiger partial charge in [-0.1, -0.05) is 60.7 Å². The van der Waals surface area contributed by atoms with E-state index < -0.39 is 15.1 Å². The van der Waals surface area contributed by atoms with E-state index in [1.54, 1.807) is 48.5 Å². The van der Waals surface area contributed by atoms with Crippen LogP contribution in [-0.2, 0) is 9.84 Å². The van der Waals surface area contributed by atoms with E-state index in [0.717, 1.165) is 0 Å². The van der Waals surface area contributed by atoms with E-state index >= 15 is 0 Å². The van der Waals surface area contributed by atoms with Crippen LogP contribution in [0.1, 0.15) is 27.6 Å². The Kier molecular flexibility index (Phi) is 4.35. The molecule has 2 aromatic rings. The first-order chi connectivity index (χ1) is 9.48. The van der Waals surface area contributed by atoms with Crippen LogP contribution < -0.4 is 0 Å². The van der Waals surface area contributed by atoms with Crippen LogP contribution in [0.25, 0.3) is 0 Å². The highest BCUT2D eigenvalue weighted by molar-refractivity contribution is 7.91. The first kappa shape index (κ1) is 14.5. The topological polar surface area (TPSA) is 51.2 Å². The Labute approximate surface area is 119 Å².